The van der Waals surface area contributed by atoms with Crippen LogP contribution in [0.1, 0.15) is 55.8 Å². The number of rotatable bonds is 3. The molecule has 2 atom stereocenters. The Balaban J connectivity index is 1.62. The Morgan fingerprint density at radius 2 is 2.19 bits per heavy atom. The molecule has 146 valence electrons. The molecule has 1 unspecified atom stereocenters. The number of thioether (sulfide) groups is 1. The van der Waals surface area contributed by atoms with Gasteiger partial charge in [-0.15, -0.1) is 11.8 Å². The van der Waals surface area contributed by atoms with Gasteiger partial charge in [0.1, 0.15) is 5.60 Å². The molecule has 27 heavy (non-hydrogen) atoms. The quantitative estimate of drug-likeness (QED) is 0.637. The standard InChI is InChI=1S/C21H28N2O3S/c1-21(2)17(11-19(24)26-21)20(25)23-8-6-13-9-14(27-3)10-15(16(13)12-23)18-5-4-7-22-18/h9-10,17-18,22H,4-8,11-12H2,1-3H3/t17?,18-/m0/s1. The lowest BCUT2D eigenvalue weighted by Crippen LogP contribution is -2.45. The summed E-state index contributed by atoms with van der Waals surface area (Å²) in [5, 5.41) is 3.62. The molecule has 3 aliphatic rings. The van der Waals surface area contributed by atoms with Crippen LogP contribution in [-0.4, -0.2) is 41.7 Å². The number of ether oxygens (including phenoxy) is 1. The van der Waals surface area contributed by atoms with Crippen LogP contribution in [0.4, 0.5) is 0 Å². The summed E-state index contributed by atoms with van der Waals surface area (Å²) in [4.78, 5) is 28.2. The molecule has 3 aliphatic heterocycles. The fourth-order valence-electron chi connectivity index (χ4n) is 4.66. The smallest absolute Gasteiger partial charge is 0.307 e. The molecule has 3 heterocycles. The number of amides is 1. The van der Waals surface area contributed by atoms with Crippen molar-refractivity contribution in [3.05, 3.63) is 28.8 Å². The third-order valence-electron chi connectivity index (χ3n) is 6.22. The summed E-state index contributed by atoms with van der Waals surface area (Å²) in [5.74, 6) is -0.600. The Bertz CT molecular complexity index is 771. The molecule has 0 aromatic heterocycles. The van der Waals surface area contributed by atoms with Crippen LogP contribution >= 0.6 is 11.8 Å². The average Bonchev–Trinajstić information content (AvgIpc) is 3.26. The molecular weight excluding hydrogens is 360 g/mol. The molecule has 0 saturated carbocycles. The van der Waals surface area contributed by atoms with E-state index in [1.54, 1.807) is 11.8 Å². The molecule has 0 bridgehead atoms. The van der Waals surface area contributed by atoms with Gasteiger partial charge in [0, 0.05) is 24.0 Å². The second kappa shape index (κ2) is 7.13. The minimum atomic E-state index is -0.715. The Kier molecular flexibility index (Phi) is 4.97. The van der Waals surface area contributed by atoms with Crippen LogP contribution in [0.5, 0.6) is 0 Å². The average molecular weight is 389 g/mol. The zero-order valence-electron chi connectivity index (χ0n) is 16.3. The van der Waals surface area contributed by atoms with Crippen molar-refractivity contribution in [3.8, 4) is 0 Å². The second-order valence-corrected chi connectivity index (χ2v) is 9.23. The summed E-state index contributed by atoms with van der Waals surface area (Å²) in [6.45, 7) is 6.09. The first-order chi connectivity index (χ1) is 12.9. The van der Waals surface area contributed by atoms with Gasteiger partial charge in [-0.1, -0.05) is 0 Å². The van der Waals surface area contributed by atoms with Crippen molar-refractivity contribution in [2.75, 3.05) is 19.3 Å². The van der Waals surface area contributed by atoms with Crippen LogP contribution < -0.4 is 5.32 Å². The molecule has 1 aromatic carbocycles. The topological polar surface area (TPSA) is 58.6 Å². The van der Waals surface area contributed by atoms with Crippen molar-refractivity contribution in [1.82, 2.24) is 10.2 Å². The maximum absolute atomic E-state index is 13.2. The van der Waals surface area contributed by atoms with E-state index in [-0.39, 0.29) is 24.2 Å². The van der Waals surface area contributed by atoms with E-state index in [0.717, 1.165) is 19.4 Å². The molecule has 2 fully saturated rings. The molecule has 0 radical (unpaired) electrons. The molecule has 1 amide bonds. The molecule has 4 rings (SSSR count). The van der Waals surface area contributed by atoms with Gasteiger partial charge in [-0.3, -0.25) is 9.59 Å². The number of benzene rings is 1. The number of hydrogen-bond acceptors (Lipinski definition) is 5. The lowest BCUT2D eigenvalue weighted by atomic mass is 9.87. The van der Waals surface area contributed by atoms with Gasteiger partial charge in [0.15, 0.2) is 0 Å². The van der Waals surface area contributed by atoms with E-state index in [9.17, 15) is 9.59 Å². The van der Waals surface area contributed by atoms with Crippen molar-refractivity contribution >= 4 is 23.6 Å². The van der Waals surface area contributed by atoms with E-state index >= 15 is 0 Å². The highest BCUT2D eigenvalue weighted by Gasteiger charge is 2.48. The number of nitrogens with zero attached hydrogens (tertiary/aromatic N) is 1. The fourth-order valence-corrected chi connectivity index (χ4v) is 5.16. The lowest BCUT2D eigenvalue weighted by Gasteiger charge is -2.35. The molecule has 0 spiro atoms. The normalized spacial score (nSPS) is 26.8. The first-order valence-electron chi connectivity index (χ1n) is 9.83. The van der Waals surface area contributed by atoms with E-state index in [0.29, 0.717) is 19.1 Å². The lowest BCUT2D eigenvalue weighted by molar-refractivity contribution is -0.149. The maximum Gasteiger partial charge on any atom is 0.307 e. The number of cyclic esters (lactones) is 1. The zero-order valence-corrected chi connectivity index (χ0v) is 17.2. The third-order valence-corrected chi connectivity index (χ3v) is 6.93. The predicted octanol–water partition coefficient (Wildman–Crippen LogP) is 3.06. The highest BCUT2D eigenvalue weighted by Crippen LogP contribution is 2.38. The maximum atomic E-state index is 13.2. The van der Waals surface area contributed by atoms with Crippen molar-refractivity contribution in [2.45, 2.75) is 62.6 Å². The first kappa shape index (κ1) is 18.8. The molecule has 1 N–H and O–H groups in total. The van der Waals surface area contributed by atoms with Gasteiger partial charge >= 0.3 is 5.97 Å². The van der Waals surface area contributed by atoms with Crippen LogP contribution in [0.15, 0.2) is 17.0 Å². The molecule has 1 aromatic rings. The van der Waals surface area contributed by atoms with Crippen LogP contribution in [0.3, 0.4) is 0 Å². The van der Waals surface area contributed by atoms with Gasteiger partial charge in [-0.2, -0.15) is 0 Å². The third kappa shape index (κ3) is 3.49. The van der Waals surface area contributed by atoms with E-state index in [1.807, 2.05) is 18.7 Å². The Hall–Kier alpha value is -1.53. The summed E-state index contributed by atoms with van der Waals surface area (Å²) in [6, 6.07) is 4.97. The number of carbonyl (C=O) groups is 2. The largest absolute Gasteiger partial charge is 0.459 e. The van der Waals surface area contributed by atoms with E-state index in [4.69, 9.17) is 4.74 Å². The van der Waals surface area contributed by atoms with Gasteiger partial charge in [0.2, 0.25) is 5.91 Å². The van der Waals surface area contributed by atoms with Crippen LogP contribution in [0, 0.1) is 5.92 Å². The van der Waals surface area contributed by atoms with Gasteiger partial charge < -0.3 is 15.0 Å². The Labute approximate surface area is 165 Å². The van der Waals surface area contributed by atoms with Gasteiger partial charge in [-0.25, -0.2) is 0 Å². The highest BCUT2D eigenvalue weighted by atomic mass is 32.2. The molecular formula is C21H28N2O3S. The van der Waals surface area contributed by atoms with Crippen molar-refractivity contribution < 1.29 is 14.3 Å². The Morgan fingerprint density at radius 3 is 2.81 bits per heavy atom. The molecule has 0 aliphatic carbocycles. The molecule has 6 heteroatoms. The second-order valence-electron chi connectivity index (χ2n) is 8.35. The molecule has 2 saturated heterocycles. The first-order valence-corrected chi connectivity index (χ1v) is 11.0. The van der Waals surface area contributed by atoms with Crippen molar-refractivity contribution in [3.63, 3.8) is 0 Å². The number of nitrogens with one attached hydrogen (secondary N) is 1. The summed E-state index contributed by atoms with van der Waals surface area (Å²) in [6.07, 6.45) is 5.53. The predicted molar refractivity (Wildman–Crippen MR) is 106 cm³/mol. The number of hydrogen-bond donors (Lipinski definition) is 1. The van der Waals surface area contributed by atoms with Gasteiger partial charge in [-0.05, 0) is 74.7 Å². The summed E-state index contributed by atoms with van der Waals surface area (Å²) >= 11 is 1.78. The SMILES string of the molecule is CSc1cc2c(c([C@@H]3CCCN3)c1)CN(C(=O)C1CC(=O)OC1(C)C)CC2. The van der Waals surface area contributed by atoms with Crippen molar-refractivity contribution in [1.29, 1.82) is 0 Å². The van der Waals surface area contributed by atoms with Gasteiger partial charge in [0.05, 0.1) is 12.3 Å². The minimum Gasteiger partial charge on any atom is -0.459 e. The van der Waals surface area contributed by atoms with Crippen molar-refractivity contribution in [2.24, 2.45) is 5.92 Å². The van der Waals surface area contributed by atoms with E-state index in [2.05, 4.69) is 23.7 Å². The summed E-state index contributed by atoms with van der Waals surface area (Å²) in [7, 11) is 0. The van der Waals surface area contributed by atoms with Gasteiger partial charge in [0.25, 0.3) is 0 Å². The highest BCUT2D eigenvalue weighted by molar-refractivity contribution is 7.98. The van der Waals surface area contributed by atoms with E-state index < -0.39 is 5.60 Å². The van der Waals surface area contributed by atoms with Crippen LogP contribution in [0.2, 0.25) is 0 Å². The number of esters is 1. The minimum absolute atomic E-state index is 0.0516. The van der Waals surface area contributed by atoms with Crippen LogP contribution in [-0.2, 0) is 27.3 Å². The summed E-state index contributed by atoms with van der Waals surface area (Å²) < 4.78 is 5.38. The monoisotopic (exact) mass is 388 g/mol. The number of carbonyl (C=O) groups excluding carboxylic acids is 2. The number of fused-ring (bicyclic) bond motifs is 1. The van der Waals surface area contributed by atoms with E-state index in [1.165, 1.54) is 28.0 Å². The Morgan fingerprint density at radius 1 is 1.37 bits per heavy atom. The summed E-state index contributed by atoms with van der Waals surface area (Å²) in [5.41, 5.74) is 3.31. The fraction of sp³-hybridized carbons (Fsp3) is 0.619. The molecule has 5 nitrogen and oxygen atoms in total. The van der Waals surface area contributed by atoms with Crippen LogP contribution in [0.25, 0.3) is 0 Å². The zero-order chi connectivity index (χ0) is 19.2.